The number of nitrogen functional groups attached to an aromatic ring is 1. The highest BCUT2D eigenvalue weighted by atomic mass is 32.1. The molecule has 0 amide bonds. The van der Waals surface area contributed by atoms with E-state index in [9.17, 15) is 5.11 Å². The maximum atomic E-state index is 10.0. The normalized spacial score (nSPS) is 29.3. The van der Waals surface area contributed by atoms with Crippen LogP contribution in [-0.2, 0) is 0 Å². The van der Waals surface area contributed by atoms with Crippen LogP contribution in [-0.4, -0.2) is 29.3 Å². The Morgan fingerprint density at radius 1 is 1.35 bits per heavy atom. The average molecular weight is 289 g/mol. The number of nitrogens with zero attached hydrogens (tertiary/aromatic N) is 2. The van der Waals surface area contributed by atoms with E-state index in [0.717, 1.165) is 52.5 Å². The van der Waals surface area contributed by atoms with E-state index in [4.69, 9.17) is 5.73 Å². The van der Waals surface area contributed by atoms with E-state index in [1.807, 2.05) is 13.0 Å². The molecule has 1 aromatic heterocycles. The molecule has 4 nitrogen and oxygen atoms in total. The van der Waals surface area contributed by atoms with E-state index >= 15 is 0 Å². The lowest BCUT2D eigenvalue weighted by Crippen LogP contribution is -2.25. The number of aryl methyl sites for hydroxylation is 1. The summed E-state index contributed by atoms with van der Waals surface area (Å²) in [5.74, 6) is 1.04. The van der Waals surface area contributed by atoms with Crippen LogP contribution in [0.1, 0.15) is 17.8 Å². The van der Waals surface area contributed by atoms with Gasteiger partial charge in [0.15, 0.2) is 0 Å². The molecule has 0 bridgehead atoms. The number of aromatic nitrogens is 1. The first-order valence-corrected chi connectivity index (χ1v) is 8.03. The van der Waals surface area contributed by atoms with E-state index in [-0.39, 0.29) is 6.10 Å². The highest BCUT2D eigenvalue weighted by molar-refractivity contribution is 7.18. The van der Waals surface area contributed by atoms with Gasteiger partial charge in [-0.15, -0.1) is 11.3 Å². The fourth-order valence-electron chi connectivity index (χ4n) is 3.80. The Morgan fingerprint density at radius 3 is 3.00 bits per heavy atom. The van der Waals surface area contributed by atoms with Gasteiger partial charge in [-0.2, -0.15) is 0 Å². The number of hydrogen-bond acceptors (Lipinski definition) is 5. The molecule has 1 aliphatic heterocycles. The highest BCUT2D eigenvalue weighted by Crippen LogP contribution is 2.42. The average Bonchev–Trinajstić information content (AvgIpc) is 3.04. The molecule has 2 fully saturated rings. The molecular formula is C15H19N3OS. The highest BCUT2D eigenvalue weighted by Gasteiger charge is 2.42. The minimum absolute atomic E-state index is 0.128. The molecule has 1 aliphatic carbocycles. The summed E-state index contributed by atoms with van der Waals surface area (Å²) in [5, 5.41) is 11.1. The summed E-state index contributed by atoms with van der Waals surface area (Å²) in [6.45, 7) is 3.96. The van der Waals surface area contributed by atoms with Crippen LogP contribution in [0.25, 0.3) is 10.2 Å². The van der Waals surface area contributed by atoms with Gasteiger partial charge in [0.2, 0.25) is 0 Å². The number of aliphatic hydroxyl groups is 1. The second-order valence-electron chi connectivity index (χ2n) is 6.09. The number of hydrogen-bond donors (Lipinski definition) is 2. The van der Waals surface area contributed by atoms with Crippen molar-refractivity contribution in [2.45, 2.75) is 25.9 Å². The third kappa shape index (κ3) is 1.80. The number of anilines is 2. The van der Waals surface area contributed by atoms with Crippen molar-refractivity contribution in [3.8, 4) is 0 Å². The van der Waals surface area contributed by atoms with Crippen molar-refractivity contribution in [3.05, 3.63) is 17.1 Å². The zero-order valence-corrected chi connectivity index (χ0v) is 12.4. The lowest BCUT2D eigenvalue weighted by Gasteiger charge is -2.22. The molecule has 1 saturated carbocycles. The van der Waals surface area contributed by atoms with Crippen molar-refractivity contribution in [3.63, 3.8) is 0 Å². The fourth-order valence-corrected chi connectivity index (χ4v) is 4.66. The topological polar surface area (TPSA) is 62.4 Å². The summed E-state index contributed by atoms with van der Waals surface area (Å²) in [6, 6.07) is 4.15. The first-order valence-electron chi connectivity index (χ1n) is 7.21. The second-order valence-corrected chi connectivity index (χ2v) is 7.32. The van der Waals surface area contributed by atoms with Gasteiger partial charge in [0.1, 0.15) is 0 Å². The fraction of sp³-hybridized carbons (Fsp3) is 0.533. The maximum Gasteiger partial charge on any atom is 0.0907 e. The Hall–Kier alpha value is -1.33. The number of rotatable bonds is 1. The predicted octanol–water partition coefficient (Wildman–Crippen LogP) is 2.39. The van der Waals surface area contributed by atoms with Gasteiger partial charge in [0.05, 0.1) is 32.7 Å². The van der Waals surface area contributed by atoms with Crippen LogP contribution in [0.15, 0.2) is 12.1 Å². The third-order valence-electron chi connectivity index (χ3n) is 4.80. The monoisotopic (exact) mass is 289 g/mol. The van der Waals surface area contributed by atoms with Crippen LogP contribution in [0.3, 0.4) is 0 Å². The largest absolute Gasteiger partial charge is 0.397 e. The lowest BCUT2D eigenvalue weighted by molar-refractivity contribution is 0.133. The Bertz CT molecular complexity index is 668. The summed E-state index contributed by atoms with van der Waals surface area (Å²) in [5.41, 5.74) is 9.19. The SMILES string of the molecule is Cc1nc2cc(N3CC4CCC(O)C4C3)c(N)cc2s1. The molecule has 3 N–H and O–H groups in total. The van der Waals surface area contributed by atoms with Gasteiger partial charge in [-0.1, -0.05) is 0 Å². The van der Waals surface area contributed by atoms with Crippen LogP contribution < -0.4 is 10.6 Å². The third-order valence-corrected chi connectivity index (χ3v) is 5.74. The van der Waals surface area contributed by atoms with Gasteiger partial charge in [0, 0.05) is 19.0 Å². The maximum absolute atomic E-state index is 10.0. The molecule has 2 aromatic rings. The summed E-state index contributed by atoms with van der Waals surface area (Å²) >= 11 is 1.69. The standard InChI is InChI=1S/C15H19N3OS/c1-8-17-12-5-13(11(16)4-15(12)20-8)18-6-9-2-3-14(19)10(9)7-18/h4-5,9-10,14,19H,2-3,6-7,16H2,1H3. The summed E-state index contributed by atoms with van der Waals surface area (Å²) in [4.78, 5) is 6.89. The van der Waals surface area contributed by atoms with Crippen molar-refractivity contribution in [2.24, 2.45) is 11.8 Å². The molecule has 3 unspecified atom stereocenters. The van der Waals surface area contributed by atoms with Crippen molar-refractivity contribution in [2.75, 3.05) is 23.7 Å². The number of fused-ring (bicyclic) bond motifs is 2. The Labute approximate surface area is 122 Å². The molecule has 1 aromatic carbocycles. The zero-order valence-electron chi connectivity index (χ0n) is 11.5. The molecule has 2 heterocycles. The van der Waals surface area contributed by atoms with Crippen molar-refractivity contribution in [1.82, 2.24) is 4.98 Å². The van der Waals surface area contributed by atoms with E-state index in [1.54, 1.807) is 11.3 Å². The van der Waals surface area contributed by atoms with Crippen molar-refractivity contribution in [1.29, 1.82) is 0 Å². The van der Waals surface area contributed by atoms with Gasteiger partial charge in [0.25, 0.3) is 0 Å². The van der Waals surface area contributed by atoms with Crippen LogP contribution >= 0.6 is 11.3 Å². The smallest absolute Gasteiger partial charge is 0.0907 e. The molecular weight excluding hydrogens is 270 g/mol. The van der Waals surface area contributed by atoms with E-state index in [1.165, 1.54) is 0 Å². The van der Waals surface area contributed by atoms with E-state index in [2.05, 4.69) is 16.0 Å². The van der Waals surface area contributed by atoms with Crippen LogP contribution in [0.5, 0.6) is 0 Å². The molecule has 106 valence electrons. The van der Waals surface area contributed by atoms with Gasteiger partial charge in [-0.05, 0) is 37.8 Å². The first kappa shape index (κ1) is 12.4. The second kappa shape index (κ2) is 4.33. The molecule has 5 heteroatoms. The van der Waals surface area contributed by atoms with Crippen molar-refractivity contribution < 1.29 is 5.11 Å². The molecule has 1 saturated heterocycles. The molecule has 0 spiro atoms. The summed E-state index contributed by atoms with van der Waals surface area (Å²) < 4.78 is 1.16. The molecule has 20 heavy (non-hydrogen) atoms. The summed E-state index contributed by atoms with van der Waals surface area (Å²) in [7, 11) is 0. The van der Waals surface area contributed by atoms with Gasteiger partial charge in [-0.3, -0.25) is 0 Å². The first-order chi connectivity index (χ1) is 9.61. The van der Waals surface area contributed by atoms with E-state index < -0.39 is 0 Å². The number of aliphatic hydroxyl groups excluding tert-OH is 1. The van der Waals surface area contributed by atoms with Gasteiger partial charge >= 0.3 is 0 Å². The van der Waals surface area contributed by atoms with Crippen molar-refractivity contribution >= 4 is 32.9 Å². The molecule has 2 aliphatic rings. The quantitative estimate of drug-likeness (QED) is 0.791. The van der Waals surface area contributed by atoms with Crippen LogP contribution in [0.2, 0.25) is 0 Å². The van der Waals surface area contributed by atoms with Crippen LogP contribution in [0, 0.1) is 18.8 Å². The number of benzene rings is 1. The zero-order chi connectivity index (χ0) is 13.9. The lowest BCUT2D eigenvalue weighted by atomic mass is 10.00. The predicted molar refractivity (Wildman–Crippen MR) is 83.2 cm³/mol. The number of thiazole rings is 1. The minimum atomic E-state index is -0.128. The molecule has 4 rings (SSSR count). The minimum Gasteiger partial charge on any atom is -0.397 e. The van der Waals surface area contributed by atoms with Crippen LogP contribution in [0.4, 0.5) is 11.4 Å². The Balaban J connectivity index is 1.70. The van der Waals surface area contributed by atoms with Gasteiger partial charge in [-0.25, -0.2) is 4.98 Å². The Kier molecular flexibility index (Phi) is 2.69. The molecule has 0 radical (unpaired) electrons. The molecule has 3 atom stereocenters. The van der Waals surface area contributed by atoms with Gasteiger partial charge < -0.3 is 15.7 Å². The van der Waals surface area contributed by atoms with E-state index in [0.29, 0.717) is 11.8 Å². The Morgan fingerprint density at radius 2 is 2.20 bits per heavy atom. The summed E-state index contributed by atoms with van der Waals surface area (Å²) in [6.07, 6.45) is 1.97. The number of nitrogens with two attached hydrogens (primary N) is 1.